The van der Waals surface area contributed by atoms with Crippen LogP contribution in [-0.4, -0.2) is 0 Å². The monoisotopic (exact) mass is 184 g/mol. The Labute approximate surface area is 86.3 Å². The standard InChI is InChI=1S/C14H16/c1-3-5-7-10-13(4-2)14-11-8-6-9-12-14/h4-12H,2-3H2,1H3/b7-5-,13-10+. The van der Waals surface area contributed by atoms with Crippen LogP contribution in [0, 0.1) is 0 Å². The van der Waals surface area contributed by atoms with Gasteiger partial charge in [-0.1, -0.05) is 68.1 Å². The van der Waals surface area contributed by atoms with Crippen molar-refractivity contribution in [1.82, 2.24) is 0 Å². The van der Waals surface area contributed by atoms with Crippen LogP contribution in [0.2, 0.25) is 0 Å². The van der Waals surface area contributed by atoms with Gasteiger partial charge in [0.15, 0.2) is 0 Å². The highest BCUT2D eigenvalue weighted by atomic mass is 14.0. The van der Waals surface area contributed by atoms with Crippen LogP contribution in [0.3, 0.4) is 0 Å². The summed E-state index contributed by atoms with van der Waals surface area (Å²) in [5.74, 6) is 0. The molecule has 0 amide bonds. The van der Waals surface area contributed by atoms with Crippen molar-refractivity contribution in [3.63, 3.8) is 0 Å². The number of benzene rings is 1. The molecule has 0 aliphatic rings. The van der Waals surface area contributed by atoms with Crippen molar-refractivity contribution in [2.45, 2.75) is 13.3 Å². The molecule has 0 nitrogen and oxygen atoms in total. The average Bonchev–Trinajstić information content (AvgIpc) is 2.26. The van der Waals surface area contributed by atoms with E-state index in [1.54, 1.807) is 0 Å². The first-order valence-corrected chi connectivity index (χ1v) is 4.93. The largest absolute Gasteiger partial charge is 0.0984 e. The van der Waals surface area contributed by atoms with Gasteiger partial charge in [-0.05, 0) is 17.6 Å². The Morgan fingerprint density at radius 1 is 1.29 bits per heavy atom. The van der Waals surface area contributed by atoms with E-state index in [0.717, 1.165) is 12.0 Å². The normalized spacial score (nSPS) is 11.9. The molecule has 0 spiro atoms. The molecule has 0 N–H and O–H groups in total. The zero-order valence-corrected chi connectivity index (χ0v) is 8.61. The molecule has 14 heavy (non-hydrogen) atoms. The van der Waals surface area contributed by atoms with Gasteiger partial charge in [0.2, 0.25) is 0 Å². The summed E-state index contributed by atoms with van der Waals surface area (Å²) >= 11 is 0. The summed E-state index contributed by atoms with van der Waals surface area (Å²) in [5.41, 5.74) is 2.37. The topological polar surface area (TPSA) is 0 Å². The fourth-order valence-electron chi connectivity index (χ4n) is 1.22. The van der Waals surface area contributed by atoms with E-state index in [2.05, 4.69) is 43.9 Å². The summed E-state index contributed by atoms with van der Waals surface area (Å²) in [4.78, 5) is 0. The lowest BCUT2D eigenvalue weighted by Crippen LogP contribution is -1.77. The van der Waals surface area contributed by atoms with Gasteiger partial charge < -0.3 is 0 Å². The van der Waals surface area contributed by atoms with Gasteiger partial charge in [0.1, 0.15) is 0 Å². The van der Waals surface area contributed by atoms with E-state index in [0.29, 0.717) is 0 Å². The molecular weight excluding hydrogens is 168 g/mol. The molecule has 72 valence electrons. The zero-order chi connectivity index (χ0) is 10.2. The van der Waals surface area contributed by atoms with Crippen molar-refractivity contribution in [2.24, 2.45) is 0 Å². The fraction of sp³-hybridized carbons (Fsp3) is 0.143. The van der Waals surface area contributed by atoms with Gasteiger partial charge in [-0.15, -0.1) is 0 Å². The molecule has 1 aromatic carbocycles. The molecule has 0 heterocycles. The zero-order valence-electron chi connectivity index (χ0n) is 8.61. The maximum atomic E-state index is 3.81. The van der Waals surface area contributed by atoms with Crippen molar-refractivity contribution in [1.29, 1.82) is 0 Å². The fourth-order valence-corrected chi connectivity index (χ4v) is 1.22. The van der Waals surface area contributed by atoms with Crippen LogP contribution in [0.5, 0.6) is 0 Å². The minimum atomic E-state index is 1.07. The van der Waals surface area contributed by atoms with Crippen molar-refractivity contribution < 1.29 is 0 Å². The molecule has 0 radical (unpaired) electrons. The van der Waals surface area contributed by atoms with E-state index >= 15 is 0 Å². The van der Waals surface area contributed by atoms with E-state index in [4.69, 9.17) is 0 Å². The molecule has 0 atom stereocenters. The molecule has 0 saturated heterocycles. The predicted octanol–water partition coefficient (Wildman–Crippen LogP) is 4.22. The van der Waals surface area contributed by atoms with E-state index in [1.807, 2.05) is 24.3 Å². The van der Waals surface area contributed by atoms with Crippen LogP contribution in [0.15, 0.2) is 61.2 Å². The summed E-state index contributed by atoms with van der Waals surface area (Å²) in [6.07, 6.45) is 9.24. The Balaban J connectivity index is 2.87. The minimum Gasteiger partial charge on any atom is -0.0984 e. The van der Waals surface area contributed by atoms with Gasteiger partial charge >= 0.3 is 0 Å². The summed E-state index contributed by atoms with van der Waals surface area (Å²) in [6, 6.07) is 10.3. The number of hydrogen-bond donors (Lipinski definition) is 0. The Bertz CT molecular complexity index is 328. The Morgan fingerprint density at radius 3 is 2.57 bits per heavy atom. The Morgan fingerprint density at radius 2 is 2.00 bits per heavy atom. The first-order valence-electron chi connectivity index (χ1n) is 4.93. The van der Waals surface area contributed by atoms with Crippen molar-refractivity contribution in [2.75, 3.05) is 0 Å². The van der Waals surface area contributed by atoms with Crippen molar-refractivity contribution in [3.8, 4) is 0 Å². The van der Waals surface area contributed by atoms with Crippen LogP contribution in [0.4, 0.5) is 0 Å². The highest BCUT2D eigenvalue weighted by Gasteiger charge is 1.92. The van der Waals surface area contributed by atoms with Crippen LogP contribution in [-0.2, 0) is 0 Å². The summed E-state index contributed by atoms with van der Waals surface area (Å²) < 4.78 is 0. The molecule has 0 heteroatoms. The van der Waals surface area contributed by atoms with Gasteiger partial charge in [-0.2, -0.15) is 0 Å². The average molecular weight is 184 g/mol. The summed E-state index contributed by atoms with van der Waals surface area (Å²) in [5, 5.41) is 0. The second-order valence-corrected chi connectivity index (χ2v) is 3.03. The van der Waals surface area contributed by atoms with Crippen molar-refractivity contribution >= 4 is 5.57 Å². The van der Waals surface area contributed by atoms with Gasteiger partial charge in [-0.25, -0.2) is 0 Å². The molecule has 0 saturated carbocycles. The highest BCUT2D eigenvalue weighted by Crippen LogP contribution is 2.14. The van der Waals surface area contributed by atoms with Crippen LogP contribution in [0.25, 0.3) is 5.57 Å². The van der Waals surface area contributed by atoms with Gasteiger partial charge in [0.05, 0.1) is 0 Å². The molecular formula is C14H16. The summed E-state index contributed by atoms with van der Waals surface area (Å²) in [6.45, 7) is 5.94. The number of rotatable bonds is 4. The van der Waals surface area contributed by atoms with Gasteiger partial charge in [0, 0.05) is 0 Å². The third-order valence-electron chi connectivity index (χ3n) is 1.97. The lowest BCUT2D eigenvalue weighted by Gasteiger charge is -1.99. The summed E-state index contributed by atoms with van der Waals surface area (Å²) in [7, 11) is 0. The van der Waals surface area contributed by atoms with Crippen molar-refractivity contribution in [3.05, 3.63) is 66.8 Å². The Kier molecular flexibility index (Phi) is 4.49. The Hall–Kier alpha value is -1.56. The second kappa shape index (κ2) is 5.98. The van der Waals surface area contributed by atoms with E-state index in [9.17, 15) is 0 Å². The minimum absolute atomic E-state index is 1.07. The predicted molar refractivity (Wildman–Crippen MR) is 64.0 cm³/mol. The third-order valence-corrected chi connectivity index (χ3v) is 1.97. The first-order chi connectivity index (χ1) is 6.88. The maximum absolute atomic E-state index is 3.81. The van der Waals surface area contributed by atoms with E-state index in [-0.39, 0.29) is 0 Å². The van der Waals surface area contributed by atoms with Crippen LogP contribution in [0.1, 0.15) is 18.9 Å². The molecule has 1 aromatic rings. The number of hydrogen-bond acceptors (Lipinski definition) is 0. The van der Waals surface area contributed by atoms with E-state index < -0.39 is 0 Å². The third kappa shape index (κ3) is 3.06. The van der Waals surface area contributed by atoms with Crippen LogP contribution >= 0.6 is 0 Å². The molecule has 0 aliphatic heterocycles. The number of allylic oxidation sites excluding steroid dienone is 5. The molecule has 0 aliphatic carbocycles. The molecule has 1 rings (SSSR count). The molecule has 0 fully saturated rings. The first kappa shape index (κ1) is 10.5. The lowest BCUT2D eigenvalue weighted by atomic mass is 10.1. The second-order valence-electron chi connectivity index (χ2n) is 3.03. The highest BCUT2D eigenvalue weighted by molar-refractivity contribution is 5.74. The maximum Gasteiger partial charge on any atom is -0.0184 e. The lowest BCUT2D eigenvalue weighted by molar-refractivity contribution is 1.22. The molecule has 0 aromatic heterocycles. The SMILES string of the molecule is C=C/C(=C\C=C/CC)c1ccccc1. The van der Waals surface area contributed by atoms with Gasteiger partial charge in [0.25, 0.3) is 0 Å². The van der Waals surface area contributed by atoms with Crippen LogP contribution < -0.4 is 0 Å². The smallest absolute Gasteiger partial charge is 0.0184 e. The van der Waals surface area contributed by atoms with Gasteiger partial charge in [-0.3, -0.25) is 0 Å². The van der Waals surface area contributed by atoms with E-state index in [1.165, 1.54) is 5.56 Å². The molecule has 0 bridgehead atoms. The quantitative estimate of drug-likeness (QED) is 0.614. The molecule has 0 unspecified atom stereocenters.